The molecule has 0 unspecified atom stereocenters. The number of hydrogen-bond donors (Lipinski definition) is 0. The van der Waals surface area contributed by atoms with E-state index in [1.807, 2.05) is 13.0 Å². The van der Waals surface area contributed by atoms with E-state index < -0.39 is 10.0 Å². The molecule has 0 atom stereocenters. The number of sulfonamides is 1. The van der Waals surface area contributed by atoms with E-state index in [0.717, 1.165) is 5.56 Å². The third-order valence-corrected chi connectivity index (χ3v) is 5.18. The van der Waals surface area contributed by atoms with Crippen LogP contribution >= 0.6 is 0 Å². The highest BCUT2D eigenvalue weighted by molar-refractivity contribution is 7.89. The first kappa shape index (κ1) is 13.9. The molecule has 102 valence electrons. The molecule has 1 aliphatic heterocycles. The van der Waals surface area contributed by atoms with Gasteiger partial charge in [-0.1, -0.05) is 12.1 Å². The molecule has 1 fully saturated rings. The van der Waals surface area contributed by atoms with Crippen LogP contribution in [-0.2, 0) is 14.8 Å². The fraction of sp³-hybridized carbons (Fsp3) is 0.462. The molecule has 1 aromatic carbocycles. The van der Waals surface area contributed by atoms with Crippen LogP contribution in [0.25, 0.3) is 0 Å². The van der Waals surface area contributed by atoms with Gasteiger partial charge in [-0.25, -0.2) is 18.2 Å². The first-order chi connectivity index (χ1) is 9.04. The summed E-state index contributed by atoms with van der Waals surface area (Å²) in [4.78, 5) is 14.2. The van der Waals surface area contributed by atoms with Crippen LogP contribution in [0.2, 0.25) is 0 Å². The van der Waals surface area contributed by atoms with E-state index in [9.17, 15) is 13.2 Å². The lowest BCUT2D eigenvalue weighted by molar-refractivity contribution is 0.320. The van der Waals surface area contributed by atoms with Crippen molar-refractivity contribution in [1.29, 1.82) is 0 Å². The number of hydrogen-bond acceptors (Lipinski definition) is 4. The minimum absolute atomic E-state index is 0.0959. The average Bonchev–Trinajstić information content (AvgIpc) is 2.40. The Kier molecular flexibility index (Phi) is 4.14. The third kappa shape index (κ3) is 3.10. The maximum Gasteiger partial charge on any atom is 0.243 e. The highest BCUT2D eigenvalue weighted by atomic mass is 32.2. The topological polar surface area (TPSA) is 66.8 Å². The molecule has 1 heterocycles. The van der Waals surface area contributed by atoms with Crippen molar-refractivity contribution in [2.45, 2.75) is 30.7 Å². The quantitative estimate of drug-likeness (QED) is 0.622. The molecule has 6 heteroatoms. The lowest BCUT2D eigenvalue weighted by Gasteiger charge is -2.28. The van der Waals surface area contributed by atoms with Crippen molar-refractivity contribution in [2.75, 3.05) is 13.1 Å². The Labute approximate surface area is 113 Å². The molecule has 5 nitrogen and oxygen atoms in total. The molecule has 0 radical (unpaired) electrons. The molecule has 0 bridgehead atoms. The predicted molar refractivity (Wildman–Crippen MR) is 71.1 cm³/mol. The van der Waals surface area contributed by atoms with Gasteiger partial charge in [-0.15, -0.1) is 0 Å². The van der Waals surface area contributed by atoms with Gasteiger partial charge in [0.1, 0.15) is 0 Å². The summed E-state index contributed by atoms with van der Waals surface area (Å²) in [7, 11) is -3.43. The minimum Gasteiger partial charge on any atom is -0.211 e. The summed E-state index contributed by atoms with van der Waals surface area (Å²) in [6.45, 7) is 2.66. The Bertz CT molecular complexity index is 598. The molecule has 0 aromatic heterocycles. The van der Waals surface area contributed by atoms with Gasteiger partial charge in [-0.2, -0.15) is 4.31 Å². The van der Waals surface area contributed by atoms with Gasteiger partial charge in [0.05, 0.1) is 10.9 Å². The first-order valence-electron chi connectivity index (χ1n) is 6.18. The highest BCUT2D eigenvalue weighted by Crippen LogP contribution is 2.22. The first-order valence-corrected chi connectivity index (χ1v) is 7.62. The Balaban J connectivity index is 2.16. The summed E-state index contributed by atoms with van der Waals surface area (Å²) in [5, 5.41) is 0. The number of nitrogens with zero attached hydrogens (tertiary/aromatic N) is 2. The summed E-state index contributed by atoms with van der Waals surface area (Å²) < 4.78 is 26.3. The molecular weight excluding hydrogens is 264 g/mol. The van der Waals surface area contributed by atoms with Gasteiger partial charge in [-0.3, -0.25) is 0 Å². The van der Waals surface area contributed by atoms with E-state index in [4.69, 9.17) is 0 Å². The van der Waals surface area contributed by atoms with Gasteiger partial charge in [0.15, 0.2) is 0 Å². The van der Waals surface area contributed by atoms with Crippen LogP contribution < -0.4 is 0 Å². The summed E-state index contributed by atoms with van der Waals surface area (Å²) in [5.41, 5.74) is 0.918. The van der Waals surface area contributed by atoms with Crippen molar-refractivity contribution in [3.8, 4) is 0 Å². The van der Waals surface area contributed by atoms with Crippen LogP contribution in [0.1, 0.15) is 18.4 Å². The van der Waals surface area contributed by atoms with E-state index >= 15 is 0 Å². The molecule has 1 saturated heterocycles. The molecule has 2 rings (SSSR count). The highest BCUT2D eigenvalue weighted by Gasteiger charge is 2.29. The molecule has 0 amide bonds. The zero-order chi connectivity index (χ0) is 13.9. The second kappa shape index (κ2) is 5.65. The fourth-order valence-electron chi connectivity index (χ4n) is 2.21. The second-order valence-corrected chi connectivity index (χ2v) is 6.61. The van der Waals surface area contributed by atoms with Crippen LogP contribution in [0, 0.1) is 6.92 Å². The van der Waals surface area contributed by atoms with E-state index in [1.165, 1.54) is 10.4 Å². The smallest absolute Gasteiger partial charge is 0.211 e. The normalized spacial score (nSPS) is 17.9. The number of piperidine rings is 1. The van der Waals surface area contributed by atoms with Gasteiger partial charge in [0.2, 0.25) is 16.1 Å². The van der Waals surface area contributed by atoms with Crippen LogP contribution in [0.4, 0.5) is 0 Å². The number of carbonyl (C=O) groups excluding carboxylic acids is 1. The summed E-state index contributed by atoms with van der Waals surface area (Å²) in [6, 6.07) is 6.79. The van der Waals surface area contributed by atoms with E-state index in [1.54, 1.807) is 18.2 Å². The van der Waals surface area contributed by atoms with Crippen LogP contribution in [0.5, 0.6) is 0 Å². The van der Waals surface area contributed by atoms with Crippen LogP contribution in [-0.4, -0.2) is 37.9 Å². The van der Waals surface area contributed by atoms with Crippen molar-refractivity contribution in [3.63, 3.8) is 0 Å². The van der Waals surface area contributed by atoms with Crippen molar-refractivity contribution >= 4 is 16.1 Å². The van der Waals surface area contributed by atoms with Crippen molar-refractivity contribution in [2.24, 2.45) is 4.99 Å². The number of aliphatic imine (C=N–C) groups is 1. The molecule has 0 N–H and O–H groups in total. The van der Waals surface area contributed by atoms with E-state index in [0.29, 0.717) is 30.8 Å². The van der Waals surface area contributed by atoms with Crippen LogP contribution in [0.3, 0.4) is 0 Å². The molecule has 1 aromatic rings. The maximum absolute atomic E-state index is 12.4. The van der Waals surface area contributed by atoms with E-state index in [-0.39, 0.29) is 6.04 Å². The zero-order valence-corrected chi connectivity index (χ0v) is 11.6. The standard InChI is InChI=1S/C13H16N2O3S/c1-11-3-2-4-13(9-11)19(17,18)15-7-5-12(6-8-15)14-10-16/h2-4,9,12H,5-8H2,1H3. The largest absolute Gasteiger partial charge is 0.243 e. The molecule has 0 spiro atoms. The summed E-state index contributed by atoms with van der Waals surface area (Å²) in [5.74, 6) is 0. The molecule has 0 saturated carbocycles. The molecule has 19 heavy (non-hydrogen) atoms. The Morgan fingerprint density at radius 1 is 1.32 bits per heavy atom. The number of aryl methyl sites for hydroxylation is 1. The van der Waals surface area contributed by atoms with Gasteiger partial charge in [0.25, 0.3) is 0 Å². The minimum atomic E-state index is -3.43. The predicted octanol–water partition coefficient (Wildman–Crippen LogP) is 1.48. The molecule has 0 aliphatic carbocycles. The van der Waals surface area contributed by atoms with Crippen molar-refractivity contribution < 1.29 is 13.2 Å². The molecular formula is C13H16N2O3S. The molecule has 1 aliphatic rings. The summed E-state index contributed by atoms with van der Waals surface area (Å²) >= 11 is 0. The van der Waals surface area contributed by atoms with Crippen molar-refractivity contribution in [3.05, 3.63) is 29.8 Å². The zero-order valence-electron chi connectivity index (χ0n) is 10.7. The van der Waals surface area contributed by atoms with Crippen molar-refractivity contribution in [1.82, 2.24) is 4.31 Å². The summed E-state index contributed by atoms with van der Waals surface area (Å²) in [6.07, 6.45) is 2.68. The number of rotatable bonds is 3. The van der Waals surface area contributed by atoms with Crippen LogP contribution in [0.15, 0.2) is 34.2 Å². The van der Waals surface area contributed by atoms with Gasteiger partial charge in [-0.05, 0) is 37.5 Å². The number of benzene rings is 1. The van der Waals surface area contributed by atoms with Gasteiger partial charge < -0.3 is 0 Å². The van der Waals surface area contributed by atoms with Gasteiger partial charge in [0, 0.05) is 13.1 Å². The van der Waals surface area contributed by atoms with Gasteiger partial charge >= 0.3 is 0 Å². The third-order valence-electron chi connectivity index (χ3n) is 3.29. The lowest BCUT2D eigenvalue weighted by Crippen LogP contribution is -2.39. The maximum atomic E-state index is 12.4. The number of isocyanates is 1. The fourth-order valence-corrected chi connectivity index (χ4v) is 3.79. The Hall–Kier alpha value is -1.49. The SMILES string of the molecule is Cc1cccc(S(=O)(=O)N2CCC(N=C=O)CC2)c1. The average molecular weight is 280 g/mol. The second-order valence-electron chi connectivity index (χ2n) is 4.67. The van der Waals surface area contributed by atoms with E-state index in [2.05, 4.69) is 4.99 Å². The monoisotopic (exact) mass is 280 g/mol. The Morgan fingerprint density at radius 3 is 2.58 bits per heavy atom. The lowest BCUT2D eigenvalue weighted by atomic mass is 10.1. The Morgan fingerprint density at radius 2 is 2.00 bits per heavy atom.